The molecule has 116 valence electrons. The number of allylic oxidation sites excluding steroid dienone is 1. The number of alkyl halides is 1. The summed E-state index contributed by atoms with van der Waals surface area (Å²) in [6.45, 7) is 6.38. The van der Waals surface area contributed by atoms with E-state index >= 15 is 0 Å². The van der Waals surface area contributed by atoms with Gasteiger partial charge in [-0.3, -0.25) is 9.69 Å². The normalized spacial score (nSPS) is 10.9. The van der Waals surface area contributed by atoms with E-state index in [0.29, 0.717) is 0 Å². The Morgan fingerprint density at radius 1 is 1.24 bits per heavy atom. The highest BCUT2D eigenvalue weighted by molar-refractivity contribution is 6.29. The second kappa shape index (κ2) is 9.46. The molecule has 0 aliphatic heterocycles. The van der Waals surface area contributed by atoms with Crippen LogP contribution in [0.15, 0.2) is 30.5 Å². The number of carbonyl (C=O) groups is 1. The van der Waals surface area contributed by atoms with Gasteiger partial charge in [-0.2, -0.15) is 0 Å². The minimum atomic E-state index is -0.142. The summed E-state index contributed by atoms with van der Waals surface area (Å²) in [6, 6.07) is 6.12. The number of rotatable bonds is 8. The van der Waals surface area contributed by atoms with Gasteiger partial charge in [-0.05, 0) is 30.4 Å². The molecule has 0 aliphatic carbocycles. The van der Waals surface area contributed by atoms with Gasteiger partial charge in [-0.25, -0.2) is 0 Å². The highest BCUT2D eigenvalue weighted by Crippen LogP contribution is 2.27. The number of hydrogen-bond donors (Lipinski definition) is 0. The predicted molar refractivity (Wildman–Crippen MR) is 88.8 cm³/mol. The highest BCUT2D eigenvalue weighted by atomic mass is 35.5. The topological polar surface area (TPSA) is 29.5 Å². The van der Waals surface area contributed by atoms with E-state index in [4.69, 9.17) is 16.3 Å². The van der Waals surface area contributed by atoms with Crippen molar-refractivity contribution in [3.63, 3.8) is 0 Å². The maximum Gasteiger partial charge on any atom is 0.244 e. The Hall–Kier alpha value is -1.48. The minimum Gasteiger partial charge on any atom is -0.481 e. The van der Waals surface area contributed by atoms with Crippen LogP contribution in [0.1, 0.15) is 38.3 Å². The summed E-state index contributed by atoms with van der Waals surface area (Å²) < 4.78 is 5.48. The summed E-state index contributed by atoms with van der Waals surface area (Å²) in [5, 5.41) is 0. The van der Waals surface area contributed by atoms with Gasteiger partial charge in [-0.15, -0.1) is 11.6 Å². The van der Waals surface area contributed by atoms with E-state index in [1.165, 1.54) is 0 Å². The second-order valence-electron chi connectivity index (χ2n) is 4.66. The molecule has 0 bridgehead atoms. The molecule has 0 spiro atoms. The third kappa shape index (κ3) is 4.78. The third-order valence-corrected chi connectivity index (χ3v) is 3.51. The maximum absolute atomic E-state index is 12.2. The maximum atomic E-state index is 12.2. The molecule has 0 aliphatic rings. The van der Waals surface area contributed by atoms with Crippen molar-refractivity contribution in [2.75, 3.05) is 17.5 Å². The largest absolute Gasteiger partial charge is 0.481 e. The van der Waals surface area contributed by atoms with Crippen molar-refractivity contribution in [1.82, 2.24) is 0 Å². The molecule has 0 unspecified atom stereocenters. The average molecular weight is 310 g/mol. The van der Waals surface area contributed by atoms with Crippen LogP contribution in [0.3, 0.4) is 0 Å². The van der Waals surface area contributed by atoms with E-state index in [2.05, 4.69) is 13.8 Å². The van der Waals surface area contributed by atoms with E-state index in [1.54, 1.807) is 11.2 Å². The number of halogens is 1. The van der Waals surface area contributed by atoms with Crippen LogP contribution in [0, 0.1) is 0 Å². The molecule has 1 aromatic carbocycles. The number of benzene rings is 1. The fraction of sp³-hybridized carbons (Fsp3) is 0.471. The van der Waals surface area contributed by atoms with Gasteiger partial charge in [0.1, 0.15) is 5.88 Å². The molecule has 0 aromatic heterocycles. The Kier molecular flexibility index (Phi) is 7.91. The van der Waals surface area contributed by atoms with Crippen molar-refractivity contribution in [3.8, 4) is 0 Å². The summed E-state index contributed by atoms with van der Waals surface area (Å²) in [7, 11) is 0. The van der Waals surface area contributed by atoms with Crippen LogP contribution >= 0.6 is 11.6 Å². The fourth-order valence-corrected chi connectivity index (χ4v) is 2.32. The Bertz CT molecular complexity index is 463. The van der Waals surface area contributed by atoms with Gasteiger partial charge in [0, 0.05) is 0 Å². The SMILES string of the molecule is CCC=COCN(C(=O)CCl)c1c(CC)cccc1CC. The quantitative estimate of drug-likeness (QED) is 0.407. The number of amides is 1. The van der Waals surface area contributed by atoms with E-state index in [0.717, 1.165) is 36.1 Å². The van der Waals surface area contributed by atoms with Gasteiger partial charge in [0.05, 0.1) is 11.9 Å². The van der Waals surface area contributed by atoms with Crippen molar-refractivity contribution in [2.24, 2.45) is 0 Å². The first-order valence-corrected chi connectivity index (χ1v) is 7.96. The minimum absolute atomic E-state index is 0.0535. The summed E-state index contributed by atoms with van der Waals surface area (Å²) in [5.41, 5.74) is 3.21. The summed E-state index contributed by atoms with van der Waals surface area (Å²) in [4.78, 5) is 13.8. The zero-order valence-electron chi connectivity index (χ0n) is 13.1. The Morgan fingerprint density at radius 2 is 1.86 bits per heavy atom. The number of ether oxygens (including phenoxy) is 1. The molecule has 0 fully saturated rings. The number of aryl methyl sites for hydroxylation is 2. The molecule has 0 heterocycles. The first-order valence-electron chi connectivity index (χ1n) is 7.43. The lowest BCUT2D eigenvalue weighted by Crippen LogP contribution is -2.35. The van der Waals surface area contributed by atoms with E-state index in [9.17, 15) is 4.79 Å². The lowest BCUT2D eigenvalue weighted by molar-refractivity contribution is -0.117. The van der Waals surface area contributed by atoms with E-state index in [-0.39, 0.29) is 18.5 Å². The summed E-state index contributed by atoms with van der Waals surface area (Å²) in [5.74, 6) is -0.195. The standard InChI is InChI=1S/C17H24ClNO2/c1-4-7-11-21-13-19(16(20)12-18)17-14(5-2)9-8-10-15(17)6-3/h7-11H,4-6,12-13H2,1-3H3. The third-order valence-electron chi connectivity index (χ3n) is 3.28. The number of hydrogen-bond acceptors (Lipinski definition) is 2. The molecule has 1 rings (SSSR count). The molecule has 3 nitrogen and oxygen atoms in total. The van der Waals surface area contributed by atoms with Crippen molar-refractivity contribution >= 4 is 23.2 Å². The van der Waals surface area contributed by atoms with E-state index < -0.39 is 0 Å². The molecule has 1 aromatic rings. The van der Waals surface area contributed by atoms with Crippen LogP contribution in [0.4, 0.5) is 5.69 Å². The van der Waals surface area contributed by atoms with Crippen molar-refractivity contribution < 1.29 is 9.53 Å². The predicted octanol–water partition coefficient (Wildman–Crippen LogP) is 4.28. The molecule has 0 atom stereocenters. The van der Waals surface area contributed by atoms with Crippen LogP contribution in [-0.2, 0) is 22.4 Å². The smallest absolute Gasteiger partial charge is 0.244 e. The van der Waals surface area contributed by atoms with Gasteiger partial charge in [0.15, 0.2) is 6.73 Å². The zero-order valence-corrected chi connectivity index (χ0v) is 13.8. The van der Waals surface area contributed by atoms with Gasteiger partial charge in [0.2, 0.25) is 5.91 Å². The van der Waals surface area contributed by atoms with Crippen molar-refractivity contribution in [2.45, 2.75) is 40.0 Å². The lowest BCUT2D eigenvalue weighted by atomic mass is 10.0. The molecule has 0 saturated carbocycles. The van der Waals surface area contributed by atoms with Crippen LogP contribution in [0.5, 0.6) is 0 Å². The molecule has 1 amide bonds. The number of carbonyl (C=O) groups excluding carboxylic acids is 1. The van der Waals surface area contributed by atoms with Gasteiger partial charge in [-0.1, -0.05) is 45.0 Å². The van der Waals surface area contributed by atoms with Crippen LogP contribution in [-0.4, -0.2) is 18.5 Å². The van der Waals surface area contributed by atoms with Gasteiger partial charge < -0.3 is 4.74 Å². The molecular weight excluding hydrogens is 286 g/mol. The lowest BCUT2D eigenvalue weighted by Gasteiger charge is -2.26. The van der Waals surface area contributed by atoms with Crippen LogP contribution in [0.25, 0.3) is 0 Å². The average Bonchev–Trinajstić information content (AvgIpc) is 2.53. The number of nitrogens with zero attached hydrogens (tertiary/aromatic N) is 1. The Labute approximate surface area is 132 Å². The van der Waals surface area contributed by atoms with E-state index in [1.807, 2.05) is 31.2 Å². The van der Waals surface area contributed by atoms with Crippen LogP contribution < -0.4 is 4.90 Å². The molecule has 4 heteroatoms. The van der Waals surface area contributed by atoms with Crippen molar-refractivity contribution in [3.05, 3.63) is 41.7 Å². The van der Waals surface area contributed by atoms with Crippen molar-refractivity contribution in [1.29, 1.82) is 0 Å². The molecule has 0 radical (unpaired) electrons. The Balaban J connectivity index is 3.12. The monoisotopic (exact) mass is 309 g/mol. The first-order chi connectivity index (χ1) is 10.2. The Morgan fingerprint density at radius 3 is 2.33 bits per heavy atom. The molecule has 0 N–H and O–H groups in total. The summed E-state index contributed by atoms with van der Waals surface area (Å²) in [6.07, 6.45) is 6.17. The molecule has 0 saturated heterocycles. The van der Waals surface area contributed by atoms with Gasteiger partial charge in [0.25, 0.3) is 0 Å². The first kappa shape index (κ1) is 17.6. The molecular formula is C17H24ClNO2. The van der Waals surface area contributed by atoms with Gasteiger partial charge >= 0.3 is 0 Å². The van der Waals surface area contributed by atoms with Crippen LogP contribution in [0.2, 0.25) is 0 Å². The number of anilines is 1. The second-order valence-corrected chi connectivity index (χ2v) is 4.93. The zero-order chi connectivity index (χ0) is 15.7. The number of para-hydroxylation sites is 1. The highest BCUT2D eigenvalue weighted by Gasteiger charge is 2.20. The summed E-state index contributed by atoms with van der Waals surface area (Å²) >= 11 is 5.76. The molecule has 21 heavy (non-hydrogen) atoms. The fourth-order valence-electron chi connectivity index (χ4n) is 2.18.